The molecule has 3 unspecified atom stereocenters. The zero-order valence-corrected chi connectivity index (χ0v) is 41.6. The first-order valence-corrected chi connectivity index (χ1v) is 26.0. The molecule has 0 bridgehead atoms. The molecule has 0 radical (unpaired) electrons. The summed E-state index contributed by atoms with van der Waals surface area (Å²) in [4.78, 5) is 1.76. The Balaban J connectivity index is 0.000000232. The molecule has 0 saturated heterocycles. The molecule has 3 atom stereocenters. The summed E-state index contributed by atoms with van der Waals surface area (Å²) in [7, 11) is -1.33. The summed E-state index contributed by atoms with van der Waals surface area (Å²) in [6.45, 7) is 0. The molecule has 370 valence electrons. The minimum atomic E-state index is -1.33. The highest BCUT2D eigenvalue weighted by molar-refractivity contribution is 7.99. The maximum Gasteiger partial charge on any atom is 0.139 e. The van der Waals surface area contributed by atoms with Gasteiger partial charge in [-0.3, -0.25) is 4.21 Å². The van der Waals surface area contributed by atoms with Gasteiger partial charge in [-0.05, 0) is 138 Å². The first kappa shape index (κ1) is 55.0. The van der Waals surface area contributed by atoms with E-state index in [1.807, 2.05) is 97.1 Å². The fourth-order valence-electron chi connectivity index (χ4n) is 7.59. The van der Waals surface area contributed by atoms with Gasteiger partial charge in [0.1, 0.15) is 46.3 Å². The lowest BCUT2D eigenvalue weighted by Gasteiger charge is -2.17. The van der Waals surface area contributed by atoms with Gasteiger partial charge in [-0.2, -0.15) is 0 Å². The van der Waals surface area contributed by atoms with Crippen LogP contribution in [0.3, 0.4) is 0 Å². The summed E-state index contributed by atoms with van der Waals surface area (Å²) in [5.74, 6) is -1.50. The Bertz CT molecular complexity index is 2980. The van der Waals surface area contributed by atoms with Gasteiger partial charge in [0.2, 0.25) is 0 Å². The highest BCUT2D eigenvalue weighted by Gasteiger charge is 2.24. The Morgan fingerprint density at radius 1 is 0.472 bits per heavy atom. The second kappa shape index (κ2) is 28.6. The quantitative estimate of drug-likeness (QED) is 0.0563. The van der Waals surface area contributed by atoms with Crippen LogP contribution in [0.25, 0.3) is 0 Å². The van der Waals surface area contributed by atoms with Gasteiger partial charge in [0, 0.05) is 50.3 Å². The fraction of sp³-hybridized carbons (Fsp3) is 0.148. The SMILES string of the molecule is C.F/C(Cc1cccc(Oc2ccccc2)c1)=C(/F)C(CCSc1ccccc1)c1ccc(Cl)cc1.O=S(CCC(/C(F)=C(\F)Cc1cccc(Oc2ccccc2)c1)c1ccc(Cl)cc1)c1ccccc1. The standard InChI is InChI=1S/C30H25ClF2O2S.C30H25ClF2OS.CH4/c31-24-16-14-23(15-17-24)28(18-19-36(34)27-12-5-2-6-13-27)30(33)29(32)21-22-8-7-11-26(20-22)35-25-9-3-1-4-10-25;31-24-16-14-23(15-17-24)28(18-19-35-27-12-5-2-6-13-27)30(33)29(32)21-22-8-7-11-26(20-22)34-25-9-3-1-4-10-25;/h1-17,20,28H,18-19,21H2;1-17,20,28H,18-19,21H2;1H4/b2*30-29+;. The van der Waals surface area contributed by atoms with Crippen LogP contribution in [-0.4, -0.2) is 15.7 Å². The lowest BCUT2D eigenvalue weighted by Crippen LogP contribution is -2.08. The number of rotatable bonds is 20. The van der Waals surface area contributed by atoms with E-state index in [1.54, 1.807) is 133 Å². The van der Waals surface area contributed by atoms with Crippen LogP contribution in [0.4, 0.5) is 17.6 Å². The Kier molecular flexibility index (Phi) is 21.8. The van der Waals surface area contributed by atoms with E-state index in [0.29, 0.717) is 72.4 Å². The van der Waals surface area contributed by atoms with Crippen molar-refractivity contribution >= 4 is 45.8 Å². The average molecular weight is 1050 g/mol. The van der Waals surface area contributed by atoms with E-state index >= 15 is 17.6 Å². The van der Waals surface area contributed by atoms with Crippen LogP contribution in [0, 0.1) is 0 Å². The molecule has 0 amide bonds. The van der Waals surface area contributed by atoms with E-state index < -0.39 is 45.9 Å². The molecule has 72 heavy (non-hydrogen) atoms. The van der Waals surface area contributed by atoms with Crippen LogP contribution in [-0.2, 0) is 23.6 Å². The van der Waals surface area contributed by atoms with E-state index in [0.717, 1.165) is 4.90 Å². The van der Waals surface area contributed by atoms with Crippen molar-refractivity contribution < 1.29 is 31.2 Å². The van der Waals surface area contributed by atoms with E-state index in [1.165, 1.54) is 0 Å². The van der Waals surface area contributed by atoms with Crippen molar-refractivity contribution in [2.75, 3.05) is 11.5 Å². The van der Waals surface area contributed by atoms with Crippen LogP contribution in [0.5, 0.6) is 23.0 Å². The molecule has 8 aromatic rings. The molecular weight excluding hydrogens is 992 g/mol. The first-order valence-electron chi connectivity index (χ1n) is 22.9. The largest absolute Gasteiger partial charge is 0.457 e. The smallest absolute Gasteiger partial charge is 0.139 e. The molecule has 0 N–H and O–H groups in total. The van der Waals surface area contributed by atoms with Gasteiger partial charge < -0.3 is 9.47 Å². The molecule has 0 aliphatic rings. The number of benzene rings is 8. The van der Waals surface area contributed by atoms with Crippen molar-refractivity contribution in [1.29, 1.82) is 0 Å². The molecule has 0 aliphatic heterocycles. The van der Waals surface area contributed by atoms with E-state index in [9.17, 15) is 4.21 Å². The van der Waals surface area contributed by atoms with Crippen molar-refractivity contribution in [3.05, 3.63) is 274 Å². The van der Waals surface area contributed by atoms with Gasteiger partial charge in [-0.25, -0.2) is 17.6 Å². The lowest BCUT2D eigenvalue weighted by atomic mass is 9.93. The number of hydrogen-bond acceptors (Lipinski definition) is 4. The third-order valence-corrected chi connectivity index (χ3v) is 14.1. The van der Waals surface area contributed by atoms with Crippen molar-refractivity contribution in [1.82, 2.24) is 0 Å². The summed E-state index contributed by atoms with van der Waals surface area (Å²) in [5.41, 5.74) is 2.51. The maximum atomic E-state index is 15.6. The number of thioether (sulfide) groups is 1. The number of hydrogen-bond donors (Lipinski definition) is 0. The summed E-state index contributed by atoms with van der Waals surface area (Å²) in [6.07, 6.45) is 0.272. The number of allylic oxidation sites excluding steroid dienone is 4. The molecule has 11 heteroatoms. The van der Waals surface area contributed by atoms with Gasteiger partial charge in [-0.15, -0.1) is 11.8 Å². The molecule has 0 aliphatic carbocycles. The predicted octanol–water partition coefficient (Wildman–Crippen LogP) is 19.2. The van der Waals surface area contributed by atoms with Crippen LogP contribution in [0.2, 0.25) is 10.0 Å². The van der Waals surface area contributed by atoms with Gasteiger partial charge >= 0.3 is 0 Å². The van der Waals surface area contributed by atoms with Crippen molar-refractivity contribution in [2.45, 2.75) is 54.7 Å². The van der Waals surface area contributed by atoms with Gasteiger partial charge in [0.15, 0.2) is 0 Å². The second-order valence-electron chi connectivity index (χ2n) is 16.3. The topological polar surface area (TPSA) is 35.5 Å². The molecule has 3 nitrogen and oxygen atoms in total. The van der Waals surface area contributed by atoms with Crippen LogP contribution in [0.15, 0.2) is 251 Å². The molecular formula is C61H54Cl2F4O3S2. The molecule has 8 aromatic carbocycles. The summed E-state index contributed by atoms with van der Waals surface area (Å²) in [6, 6.07) is 65.1. The summed E-state index contributed by atoms with van der Waals surface area (Å²) >= 11 is 13.7. The van der Waals surface area contributed by atoms with E-state index in [2.05, 4.69) is 0 Å². The molecule has 0 heterocycles. The Morgan fingerprint density at radius 2 is 0.861 bits per heavy atom. The zero-order chi connectivity index (χ0) is 49.8. The third kappa shape index (κ3) is 17.2. The minimum absolute atomic E-state index is 0. The number of halogens is 6. The molecule has 0 fully saturated rings. The van der Waals surface area contributed by atoms with Crippen LogP contribution >= 0.6 is 35.0 Å². The number of ether oxygens (including phenoxy) is 2. The molecule has 0 spiro atoms. The highest BCUT2D eigenvalue weighted by atomic mass is 35.5. The monoisotopic (exact) mass is 1040 g/mol. The van der Waals surface area contributed by atoms with Crippen molar-refractivity contribution in [3.8, 4) is 23.0 Å². The van der Waals surface area contributed by atoms with Crippen molar-refractivity contribution in [2.24, 2.45) is 0 Å². The number of para-hydroxylation sites is 2. The minimum Gasteiger partial charge on any atom is -0.457 e. The summed E-state index contributed by atoms with van der Waals surface area (Å²) < 4.78 is 86.0. The first-order chi connectivity index (χ1) is 34.6. The molecule has 0 saturated carbocycles. The predicted molar refractivity (Wildman–Crippen MR) is 291 cm³/mol. The fourth-order valence-corrected chi connectivity index (χ4v) is 9.93. The van der Waals surface area contributed by atoms with E-state index in [-0.39, 0.29) is 32.4 Å². The Labute approximate surface area is 437 Å². The Hall–Kier alpha value is -6.36. The molecule has 8 rings (SSSR count). The second-order valence-corrected chi connectivity index (χ2v) is 19.9. The zero-order valence-electron chi connectivity index (χ0n) is 38.5. The highest BCUT2D eigenvalue weighted by Crippen LogP contribution is 2.37. The van der Waals surface area contributed by atoms with Gasteiger partial charge in [0.05, 0.1) is 10.8 Å². The average Bonchev–Trinajstić information content (AvgIpc) is 3.40. The van der Waals surface area contributed by atoms with Gasteiger partial charge in [0.25, 0.3) is 0 Å². The van der Waals surface area contributed by atoms with Crippen molar-refractivity contribution in [3.63, 3.8) is 0 Å². The van der Waals surface area contributed by atoms with Crippen LogP contribution in [0.1, 0.15) is 54.4 Å². The van der Waals surface area contributed by atoms with Crippen LogP contribution < -0.4 is 9.47 Å². The van der Waals surface area contributed by atoms with Gasteiger partial charge in [-0.1, -0.05) is 152 Å². The normalized spacial score (nSPS) is 12.9. The molecule has 0 aromatic heterocycles. The van der Waals surface area contributed by atoms with E-state index in [4.69, 9.17) is 32.7 Å². The maximum absolute atomic E-state index is 15.6. The third-order valence-electron chi connectivity index (χ3n) is 11.2. The Morgan fingerprint density at radius 3 is 1.31 bits per heavy atom. The summed E-state index contributed by atoms with van der Waals surface area (Å²) in [5, 5.41) is 1.07. The lowest BCUT2D eigenvalue weighted by molar-refractivity contribution is 0.464.